The van der Waals surface area contributed by atoms with Crippen molar-refractivity contribution in [2.45, 2.75) is 32.4 Å². The van der Waals surface area contributed by atoms with Gasteiger partial charge in [0.2, 0.25) is 0 Å². The lowest BCUT2D eigenvalue weighted by molar-refractivity contribution is 0.0546. The van der Waals surface area contributed by atoms with E-state index in [-0.39, 0.29) is 12.0 Å². The number of benzene rings is 1. The number of carbonyl (C=O) groups is 1. The summed E-state index contributed by atoms with van der Waals surface area (Å²) in [5, 5.41) is 12.9. The van der Waals surface area contributed by atoms with Gasteiger partial charge in [0, 0.05) is 37.1 Å². The zero-order valence-corrected chi connectivity index (χ0v) is 15.0. The molecule has 0 saturated carbocycles. The first-order valence-electron chi connectivity index (χ1n) is 9.03. The Bertz CT molecular complexity index is 725. The summed E-state index contributed by atoms with van der Waals surface area (Å²) in [5.41, 5.74) is 2.65. The smallest absolute Gasteiger partial charge is 0.253 e. The summed E-state index contributed by atoms with van der Waals surface area (Å²) in [4.78, 5) is 18.5. The second kappa shape index (κ2) is 8.67. The van der Waals surface area contributed by atoms with Crippen LogP contribution in [-0.4, -0.2) is 46.7 Å². The second-order valence-electron chi connectivity index (χ2n) is 6.42. The van der Waals surface area contributed by atoms with Crippen LogP contribution in [0.3, 0.4) is 0 Å². The molecule has 6 heteroatoms. The van der Waals surface area contributed by atoms with E-state index < -0.39 is 0 Å². The number of aliphatic hydroxyl groups is 1. The van der Waals surface area contributed by atoms with Gasteiger partial charge in [0.25, 0.3) is 5.91 Å². The first kappa shape index (κ1) is 18.2. The Morgan fingerprint density at radius 1 is 1.27 bits per heavy atom. The summed E-state index contributed by atoms with van der Waals surface area (Å²) in [5.74, 6) is 0.788. The van der Waals surface area contributed by atoms with Crippen molar-refractivity contribution < 1.29 is 14.6 Å². The van der Waals surface area contributed by atoms with Gasteiger partial charge in [-0.15, -0.1) is 0 Å². The average Bonchev–Trinajstić information content (AvgIpc) is 2.67. The maximum Gasteiger partial charge on any atom is 0.253 e. The molecule has 2 N–H and O–H groups in total. The number of piperidine rings is 1. The summed E-state index contributed by atoms with van der Waals surface area (Å²) in [6.45, 7) is 4.42. The van der Waals surface area contributed by atoms with Crippen molar-refractivity contribution in [1.82, 2.24) is 9.88 Å². The van der Waals surface area contributed by atoms with E-state index in [1.807, 2.05) is 37.3 Å². The van der Waals surface area contributed by atoms with E-state index in [4.69, 9.17) is 4.74 Å². The van der Waals surface area contributed by atoms with Crippen LogP contribution >= 0.6 is 0 Å². The normalized spacial score (nSPS) is 14.9. The summed E-state index contributed by atoms with van der Waals surface area (Å²) in [6, 6.07) is 9.46. The number of anilines is 1. The molecule has 1 saturated heterocycles. The predicted octanol–water partition coefficient (Wildman–Crippen LogP) is 2.69. The number of pyridine rings is 1. The first-order chi connectivity index (χ1) is 12.7. The largest absolute Gasteiger partial charge is 0.492 e. The van der Waals surface area contributed by atoms with Crippen LogP contribution < -0.4 is 10.1 Å². The maximum absolute atomic E-state index is 12.5. The van der Waals surface area contributed by atoms with Gasteiger partial charge in [0.1, 0.15) is 5.75 Å². The molecular formula is C20H25N3O3. The van der Waals surface area contributed by atoms with Crippen LogP contribution in [0.15, 0.2) is 42.7 Å². The molecule has 1 aliphatic rings. The van der Waals surface area contributed by atoms with E-state index in [1.54, 1.807) is 17.3 Å². The van der Waals surface area contributed by atoms with Crippen molar-refractivity contribution in [1.29, 1.82) is 0 Å². The molecule has 1 aliphatic heterocycles. The topological polar surface area (TPSA) is 74.7 Å². The highest BCUT2D eigenvalue weighted by atomic mass is 16.5. The third kappa shape index (κ3) is 4.73. The van der Waals surface area contributed by atoms with Gasteiger partial charge in [-0.1, -0.05) is 0 Å². The average molecular weight is 355 g/mol. The highest BCUT2D eigenvalue weighted by molar-refractivity contribution is 5.94. The monoisotopic (exact) mass is 355 g/mol. The summed E-state index contributed by atoms with van der Waals surface area (Å²) in [6.07, 6.45) is 4.53. The number of nitrogens with zero attached hydrogens (tertiary/aromatic N) is 2. The van der Waals surface area contributed by atoms with Crippen molar-refractivity contribution in [3.63, 3.8) is 0 Å². The van der Waals surface area contributed by atoms with Gasteiger partial charge in [-0.2, -0.15) is 0 Å². The van der Waals surface area contributed by atoms with Crippen LogP contribution in [0.4, 0.5) is 5.69 Å². The molecule has 6 nitrogen and oxygen atoms in total. The lowest BCUT2D eigenvalue weighted by atomic mass is 10.1. The van der Waals surface area contributed by atoms with Crippen molar-refractivity contribution in [2.24, 2.45) is 0 Å². The Labute approximate surface area is 153 Å². The second-order valence-corrected chi connectivity index (χ2v) is 6.42. The highest BCUT2D eigenvalue weighted by Crippen LogP contribution is 2.17. The van der Waals surface area contributed by atoms with Crippen LogP contribution in [-0.2, 0) is 6.54 Å². The van der Waals surface area contributed by atoms with E-state index in [9.17, 15) is 9.90 Å². The zero-order chi connectivity index (χ0) is 18.4. The van der Waals surface area contributed by atoms with Gasteiger partial charge < -0.3 is 20.1 Å². The van der Waals surface area contributed by atoms with Gasteiger partial charge in [0.15, 0.2) is 0 Å². The molecule has 1 fully saturated rings. The molecule has 0 unspecified atom stereocenters. The highest BCUT2D eigenvalue weighted by Gasteiger charge is 2.22. The van der Waals surface area contributed by atoms with Gasteiger partial charge in [-0.25, -0.2) is 0 Å². The molecule has 0 bridgehead atoms. The number of hydrogen-bond acceptors (Lipinski definition) is 5. The van der Waals surface area contributed by atoms with Gasteiger partial charge in [-0.3, -0.25) is 9.78 Å². The Balaban J connectivity index is 1.56. The number of amides is 1. The summed E-state index contributed by atoms with van der Waals surface area (Å²) < 4.78 is 5.46. The Morgan fingerprint density at radius 2 is 2.00 bits per heavy atom. The Morgan fingerprint density at radius 3 is 2.69 bits per heavy atom. The third-order valence-electron chi connectivity index (χ3n) is 4.46. The van der Waals surface area contributed by atoms with E-state index in [1.165, 1.54) is 0 Å². The number of aromatic nitrogens is 1. The first-order valence-corrected chi connectivity index (χ1v) is 9.03. The summed E-state index contributed by atoms with van der Waals surface area (Å²) in [7, 11) is 0. The molecule has 1 amide bonds. The number of ether oxygens (including phenoxy) is 1. The van der Waals surface area contributed by atoms with E-state index in [2.05, 4.69) is 10.3 Å². The molecular weight excluding hydrogens is 330 g/mol. The van der Waals surface area contributed by atoms with E-state index in [0.29, 0.717) is 44.6 Å². The van der Waals surface area contributed by atoms with Crippen molar-refractivity contribution in [3.8, 4) is 5.75 Å². The van der Waals surface area contributed by atoms with Gasteiger partial charge >= 0.3 is 0 Å². The molecule has 0 spiro atoms. The predicted molar refractivity (Wildman–Crippen MR) is 100 cm³/mol. The van der Waals surface area contributed by atoms with Gasteiger partial charge in [-0.05, 0) is 55.7 Å². The van der Waals surface area contributed by atoms with Crippen molar-refractivity contribution >= 4 is 11.6 Å². The van der Waals surface area contributed by atoms with Crippen molar-refractivity contribution in [3.05, 3.63) is 53.9 Å². The fourth-order valence-electron chi connectivity index (χ4n) is 2.99. The minimum atomic E-state index is -0.277. The lowest BCUT2D eigenvalue weighted by Crippen LogP contribution is -2.40. The Hall–Kier alpha value is -2.60. The molecule has 138 valence electrons. The number of nitrogens with one attached hydrogen (secondary N) is 1. The fraction of sp³-hybridized carbons (Fsp3) is 0.400. The number of likely N-dealkylation sites (tertiary alicyclic amines) is 1. The van der Waals surface area contributed by atoms with Crippen LogP contribution in [0.25, 0.3) is 0 Å². The van der Waals surface area contributed by atoms with Crippen LogP contribution in [0.1, 0.15) is 35.7 Å². The molecule has 1 aromatic carbocycles. The quantitative estimate of drug-likeness (QED) is 0.833. The fourth-order valence-corrected chi connectivity index (χ4v) is 2.99. The van der Waals surface area contributed by atoms with Gasteiger partial charge in [0.05, 0.1) is 18.9 Å². The Kier molecular flexibility index (Phi) is 6.07. The van der Waals surface area contributed by atoms with Crippen molar-refractivity contribution in [2.75, 3.05) is 25.0 Å². The molecule has 2 heterocycles. The van der Waals surface area contributed by atoms with Crippen LogP contribution in [0.5, 0.6) is 5.75 Å². The summed E-state index contributed by atoms with van der Waals surface area (Å²) >= 11 is 0. The van der Waals surface area contributed by atoms with E-state index in [0.717, 1.165) is 17.0 Å². The minimum Gasteiger partial charge on any atom is -0.492 e. The molecule has 0 aliphatic carbocycles. The van der Waals surface area contributed by atoms with Crippen LogP contribution in [0.2, 0.25) is 0 Å². The number of aliphatic hydroxyl groups excluding tert-OH is 1. The lowest BCUT2D eigenvalue weighted by Gasteiger charge is -2.29. The third-order valence-corrected chi connectivity index (χ3v) is 4.46. The van der Waals surface area contributed by atoms with Crippen LogP contribution in [0, 0.1) is 0 Å². The minimum absolute atomic E-state index is 0.0251. The number of rotatable bonds is 6. The zero-order valence-electron chi connectivity index (χ0n) is 15.0. The van der Waals surface area contributed by atoms with E-state index >= 15 is 0 Å². The molecule has 0 atom stereocenters. The molecule has 26 heavy (non-hydrogen) atoms. The number of hydrogen-bond donors (Lipinski definition) is 2. The standard InChI is InChI=1S/C20H25N3O3/c1-2-26-19-11-15(12-21-14-19)13-22-17-5-3-16(4-6-17)20(25)23-9-7-18(24)8-10-23/h3-6,11-12,14,18,22,24H,2,7-10,13H2,1H3. The number of carbonyl (C=O) groups excluding carboxylic acids is 1. The maximum atomic E-state index is 12.5. The molecule has 3 rings (SSSR count). The molecule has 0 radical (unpaired) electrons. The molecule has 2 aromatic rings. The molecule has 1 aromatic heterocycles. The SMILES string of the molecule is CCOc1cncc(CNc2ccc(C(=O)N3CCC(O)CC3)cc2)c1.